The molecule has 0 bridgehead atoms. The van der Waals surface area contributed by atoms with Crippen LogP contribution in [0.25, 0.3) is 0 Å². The van der Waals surface area contributed by atoms with Crippen LogP contribution in [0, 0.1) is 0 Å². The fourth-order valence-corrected chi connectivity index (χ4v) is 3.16. The van der Waals surface area contributed by atoms with Gasteiger partial charge in [-0.1, -0.05) is 16.9 Å². The van der Waals surface area contributed by atoms with E-state index in [1.165, 1.54) is 23.1 Å². The summed E-state index contributed by atoms with van der Waals surface area (Å²) in [5, 5.41) is 12.7. The van der Waals surface area contributed by atoms with E-state index >= 15 is 0 Å². The first-order chi connectivity index (χ1) is 9.77. The van der Waals surface area contributed by atoms with Crippen LogP contribution in [0.4, 0.5) is 4.79 Å². The summed E-state index contributed by atoms with van der Waals surface area (Å²) in [5.41, 5.74) is 0. The molecule has 0 radical (unpaired) electrons. The van der Waals surface area contributed by atoms with Gasteiger partial charge in [-0.25, -0.2) is 4.79 Å². The molecule has 118 valence electrons. The summed E-state index contributed by atoms with van der Waals surface area (Å²) in [5.74, 6) is -0.375. The van der Waals surface area contributed by atoms with Gasteiger partial charge in [0, 0.05) is 6.04 Å². The van der Waals surface area contributed by atoms with Crippen LogP contribution >= 0.6 is 23.1 Å². The van der Waals surface area contributed by atoms with Gasteiger partial charge in [-0.2, -0.15) is 0 Å². The smallest absolute Gasteiger partial charge is 0.321 e. The second kappa shape index (κ2) is 8.18. The number of hydrogen-bond acceptors (Lipinski definition) is 7. The zero-order chi connectivity index (χ0) is 16.0. The van der Waals surface area contributed by atoms with Gasteiger partial charge in [0.1, 0.15) is 0 Å². The number of amides is 3. The minimum absolute atomic E-state index is 0.0243. The predicted octanol–water partition coefficient (Wildman–Crippen LogP) is 2.04. The third-order valence-corrected chi connectivity index (χ3v) is 4.03. The van der Waals surface area contributed by atoms with Crippen LogP contribution in [0.3, 0.4) is 0 Å². The summed E-state index contributed by atoms with van der Waals surface area (Å²) in [4.78, 5) is 23.3. The van der Waals surface area contributed by atoms with Crippen molar-refractivity contribution in [1.82, 2.24) is 20.8 Å². The van der Waals surface area contributed by atoms with Crippen molar-refractivity contribution in [2.75, 3.05) is 0 Å². The second-order valence-electron chi connectivity index (χ2n) is 4.88. The lowest BCUT2D eigenvalue weighted by Crippen LogP contribution is -2.45. The van der Waals surface area contributed by atoms with Crippen LogP contribution in [0.15, 0.2) is 4.34 Å². The number of imide groups is 1. The Morgan fingerprint density at radius 2 is 1.86 bits per heavy atom. The second-order valence-corrected chi connectivity index (χ2v) is 7.41. The molecule has 1 atom stereocenters. The highest BCUT2D eigenvalue weighted by atomic mass is 32.2. The number of aromatic nitrogens is 2. The van der Waals surface area contributed by atoms with Crippen molar-refractivity contribution >= 4 is 35.0 Å². The quantitative estimate of drug-likeness (QED) is 0.774. The molecule has 0 spiro atoms. The Labute approximate surface area is 132 Å². The minimum Gasteiger partial charge on any atom is -0.466 e. The van der Waals surface area contributed by atoms with Gasteiger partial charge < -0.3 is 10.1 Å². The van der Waals surface area contributed by atoms with Crippen molar-refractivity contribution in [3.8, 4) is 5.19 Å². The number of nitrogens with zero attached hydrogens (tertiary/aromatic N) is 2. The number of rotatable bonds is 6. The van der Waals surface area contributed by atoms with E-state index in [1.54, 1.807) is 6.92 Å². The number of thioether (sulfide) groups is 1. The maximum Gasteiger partial charge on any atom is 0.321 e. The van der Waals surface area contributed by atoms with Gasteiger partial charge in [0.25, 0.3) is 5.19 Å². The molecular formula is C12H20N4O3S2. The number of hydrogen-bond donors (Lipinski definition) is 2. The van der Waals surface area contributed by atoms with Gasteiger partial charge >= 0.3 is 6.03 Å². The van der Waals surface area contributed by atoms with E-state index in [0.717, 1.165) is 0 Å². The van der Waals surface area contributed by atoms with E-state index in [0.29, 0.717) is 9.53 Å². The molecule has 0 aliphatic rings. The molecule has 0 unspecified atom stereocenters. The molecule has 0 aliphatic heterocycles. The van der Waals surface area contributed by atoms with Crippen LogP contribution in [0.1, 0.15) is 34.6 Å². The maximum atomic E-state index is 11.9. The molecular weight excluding hydrogens is 312 g/mol. The van der Waals surface area contributed by atoms with E-state index in [4.69, 9.17) is 4.74 Å². The monoisotopic (exact) mass is 332 g/mol. The van der Waals surface area contributed by atoms with Gasteiger partial charge in [-0.3, -0.25) is 10.1 Å². The average molecular weight is 332 g/mol. The number of carbonyl (C=O) groups is 2. The Balaban J connectivity index is 2.48. The van der Waals surface area contributed by atoms with E-state index in [9.17, 15) is 9.59 Å². The highest BCUT2D eigenvalue weighted by Crippen LogP contribution is 2.30. The van der Waals surface area contributed by atoms with Gasteiger partial charge in [0.15, 0.2) is 4.34 Å². The van der Waals surface area contributed by atoms with Crippen LogP contribution < -0.4 is 15.4 Å². The summed E-state index contributed by atoms with van der Waals surface area (Å²) in [6, 6.07) is -0.525. The van der Waals surface area contributed by atoms with E-state index < -0.39 is 11.3 Å². The van der Waals surface area contributed by atoms with Gasteiger partial charge in [0.05, 0.1) is 11.4 Å². The molecule has 0 aromatic carbocycles. The topological polar surface area (TPSA) is 93.2 Å². The molecule has 7 nitrogen and oxygen atoms in total. The number of nitrogens with one attached hydrogen (secondary N) is 2. The van der Waals surface area contributed by atoms with Crippen molar-refractivity contribution in [2.24, 2.45) is 0 Å². The summed E-state index contributed by atoms with van der Waals surface area (Å²) < 4.78 is 6.03. The highest BCUT2D eigenvalue weighted by molar-refractivity contribution is 8.02. The standard InChI is InChI=1S/C12H20N4O3S2/c1-6(2)13-10(18)14-9(17)8(5)20-12-16-15-11(21-12)19-7(3)4/h6-8H,1-5H3,(H2,13,14,17,18)/t8-/m1/s1. The van der Waals surface area contributed by atoms with Crippen molar-refractivity contribution < 1.29 is 14.3 Å². The minimum atomic E-state index is -0.497. The van der Waals surface area contributed by atoms with E-state index in [-0.39, 0.29) is 18.1 Å². The molecule has 0 fully saturated rings. The zero-order valence-electron chi connectivity index (χ0n) is 12.7. The van der Waals surface area contributed by atoms with E-state index in [1.807, 2.05) is 27.7 Å². The SMILES string of the molecule is CC(C)NC(=O)NC(=O)[C@@H](C)Sc1nnc(OC(C)C)s1. The fraction of sp³-hybridized carbons (Fsp3) is 0.667. The molecule has 1 aromatic heterocycles. The molecule has 1 heterocycles. The molecule has 0 saturated carbocycles. The number of urea groups is 1. The molecule has 1 rings (SSSR count). The third-order valence-electron chi connectivity index (χ3n) is 2.03. The predicted molar refractivity (Wildman–Crippen MR) is 82.8 cm³/mol. The first-order valence-corrected chi connectivity index (χ1v) is 8.25. The van der Waals surface area contributed by atoms with Crippen molar-refractivity contribution in [2.45, 2.75) is 56.4 Å². The molecule has 9 heteroatoms. The lowest BCUT2D eigenvalue weighted by Gasteiger charge is -2.11. The average Bonchev–Trinajstić information content (AvgIpc) is 2.73. The first-order valence-electron chi connectivity index (χ1n) is 6.56. The first kappa shape index (κ1) is 17.7. The van der Waals surface area contributed by atoms with Crippen molar-refractivity contribution in [3.05, 3.63) is 0 Å². The zero-order valence-corrected chi connectivity index (χ0v) is 14.3. The normalized spacial score (nSPS) is 12.3. The Hall–Kier alpha value is -1.35. The molecule has 0 saturated heterocycles. The molecule has 3 amide bonds. The molecule has 0 aliphatic carbocycles. The van der Waals surface area contributed by atoms with Gasteiger partial charge in [-0.05, 0) is 46.0 Å². The van der Waals surface area contributed by atoms with Gasteiger partial charge in [0.2, 0.25) is 5.91 Å². The van der Waals surface area contributed by atoms with Crippen LogP contribution in [0.2, 0.25) is 0 Å². The van der Waals surface area contributed by atoms with E-state index in [2.05, 4.69) is 20.8 Å². The Bertz CT molecular complexity index is 491. The Morgan fingerprint density at radius 1 is 1.19 bits per heavy atom. The molecule has 1 aromatic rings. The molecule has 21 heavy (non-hydrogen) atoms. The maximum absolute atomic E-state index is 11.9. The highest BCUT2D eigenvalue weighted by Gasteiger charge is 2.19. The number of carbonyl (C=O) groups excluding carboxylic acids is 2. The fourth-order valence-electron chi connectivity index (χ4n) is 1.21. The van der Waals surface area contributed by atoms with Gasteiger partial charge in [-0.15, -0.1) is 5.10 Å². The largest absolute Gasteiger partial charge is 0.466 e. The van der Waals surface area contributed by atoms with Crippen LogP contribution in [-0.2, 0) is 4.79 Å². The number of ether oxygens (including phenoxy) is 1. The van der Waals surface area contributed by atoms with Crippen LogP contribution in [0.5, 0.6) is 5.19 Å². The Kier molecular flexibility index (Phi) is 6.90. The summed E-state index contributed by atoms with van der Waals surface area (Å²) in [6.45, 7) is 9.14. The summed E-state index contributed by atoms with van der Waals surface area (Å²) >= 11 is 2.51. The third kappa shape index (κ3) is 6.76. The summed E-state index contributed by atoms with van der Waals surface area (Å²) in [7, 11) is 0. The van der Waals surface area contributed by atoms with Crippen LogP contribution in [-0.4, -0.2) is 39.5 Å². The lowest BCUT2D eigenvalue weighted by atomic mass is 10.4. The molecule has 2 N–H and O–H groups in total. The van der Waals surface area contributed by atoms with Crippen molar-refractivity contribution in [3.63, 3.8) is 0 Å². The lowest BCUT2D eigenvalue weighted by molar-refractivity contribution is -0.119. The Morgan fingerprint density at radius 3 is 2.43 bits per heavy atom. The summed E-state index contributed by atoms with van der Waals surface area (Å²) in [6.07, 6.45) is 0.0243. The van der Waals surface area contributed by atoms with Crippen molar-refractivity contribution in [1.29, 1.82) is 0 Å².